The van der Waals surface area contributed by atoms with Crippen LogP contribution in [0, 0.1) is 0 Å². The molecule has 6 nitrogen and oxygen atoms in total. The first-order chi connectivity index (χ1) is 10.7. The van der Waals surface area contributed by atoms with E-state index >= 15 is 0 Å². The number of rotatable bonds is 8. The van der Waals surface area contributed by atoms with Crippen LogP contribution in [-0.4, -0.2) is 45.9 Å². The highest BCUT2D eigenvalue weighted by molar-refractivity contribution is 7.89. The minimum atomic E-state index is -3.51. The highest BCUT2D eigenvalue weighted by Crippen LogP contribution is 2.25. The Morgan fingerprint density at radius 1 is 1.35 bits per heavy atom. The zero-order chi connectivity index (χ0) is 17.6. The van der Waals surface area contributed by atoms with Gasteiger partial charge in [-0.15, -0.1) is 0 Å². The van der Waals surface area contributed by atoms with E-state index in [2.05, 4.69) is 5.32 Å². The Morgan fingerprint density at radius 2 is 2.00 bits per heavy atom. The third-order valence-corrected chi connectivity index (χ3v) is 5.48. The average Bonchev–Trinajstić information content (AvgIpc) is 2.52. The quantitative estimate of drug-likeness (QED) is 0.781. The molecule has 0 fully saturated rings. The fourth-order valence-electron chi connectivity index (χ4n) is 2.02. The molecule has 0 aliphatic heterocycles. The summed E-state index contributed by atoms with van der Waals surface area (Å²) in [7, 11) is 0.987. The lowest BCUT2D eigenvalue weighted by atomic mass is 10.1. The summed E-state index contributed by atoms with van der Waals surface area (Å²) in [6.45, 7) is 3.95. The number of aryl methyl sites for hydroxylation is 1. The summed E-state index contributed by atoms with van der Waals surface area (Å²) in [4.78, 5) is 12.1. The molecule has 1 atom stereocenters. The number of hydrogen-bond acceptors (Lipinski definition) is 4. The second-order valence-electron chi connectivity index (χ2n) is 5.64. The van der Waals surface area contributed by atoms with Crippen LogP contribution in [0.5, 0.6) is 5.75 Å². The molecule has 23 heavy (non-hydrogen) atoms. The Balaban J connectivity index is 2.95. The van der Waals surface area contributed by atoms with E-state index in [0.29, 0.717) is 17.7 Å². The number of amides is 1. The number of ether oxygens (including phenoxy) is 1. The van der Waals surface area contributed by atoms with Gasteiger partial charge >= 0.3 is 0 Å². The standard InChI is InChI=1S/C16H26N2O4S/c1-6-12(2)17-16(19)10-7-13-11-14(8-9-15(13)22-5)23(20,21)18(3)4/h8-9,11-12H,6-7,10H2,1-5H3,(H,17,19)/t12-/m0/s1. The summed E-state index contributed by atoms with van der Waals surface area (Å²) < 4.78 is 30.9. The molecule has 0 radical (unpaired) electrons. The van der Waals surface area contributed by atoms with Gasteiger partial charge in [0, 0.05) is 26.6 Å². The van der Waals surface area contributed by atoms with Gasteiger partial charge < -0.3 is 10.1 Å². The van der Waals surface area contributed by atoms with Crippen molar-refractivity contribution in [1.29, 1.82) is 0 Å². The Kier molecular flexibility index (Phi) is 7.02. The minimum absolute atomic E-state index is 0.0535. The smallest absolute Gasteiger partial charge is 0.242 e. The molecular weight excluding hydrogens is 316 g/mol. The number of nitrogens with one attached hydrogen (secondary N) is 1. The molecule has 0 heterocycles. The molecule has 130 valence electrons. The Morgan fingerprint density at radius 3 is 2.52 bits per heavy atom. The average molecular weight is 342 g/mol. The number of carbonyl (C=O) groups is 1. The molecule has 7 heteroatoms. The third-order valence-electron chi connectivity index (χ3n) is 3.67. The van der Waals surface area contributed by atoms with Crippen molar-refractivity contribution in [1.82, 2.24) is 9.62 Å². The van der Waals surface area contributed by atoms with Gasteiger partial charge in [0.15, 0.2) is 0 Å². The summed E-state index contributed by atoms with van der Waals surface area (Å²) in [5, 5.41) is 2.89. The van der Waals surface area contributed by atoms with Crippen molar-refractivity contribution < 1.29 is 17.9 Å². The molecule has 0 bridgehead atoms. The van der Waals surface area contributed by atoms with Crippen molar-refractivity contribution in [3.05, 3.63) is 23.8 Å². The van der Waals surface area contributed by atoms with Gasteiger partial charge in [0.1, 0.15) is 5.75 Å². The van der Waals surface area contributed by atoms with Crippen molar-refractivity contribution in [2.24, 2.45) is 0 Å². The van der Waals surface area contributed by atoms with Crippen molar-refractivity contribution in [2.45, 2.75) is 44.0 Å². The normalized spacial score (nSPS) is 13.0. The SMILES string of the molecule is CC[C@H](C)NC(=O)CCc1cc(S(=O)(=O)N(C)C)ccc1OC. The Hall–Kier alpha value is -1.60. The van der Waals surface area contributed by atoms with E-state index in [1.54, 1.807) is 12.1 Å². The van der Waals surface area contributed by atoms with Crippen LogP contribution in [0.2, 0.25) is 0 Å². The monoisotopic (exact) mass is 342 g/mol. The molecule has 1 aromatic rings. The van der Waals surface area contributed by atoms with E-state index < -0.39 is 10.0 Å². The Labute approximate surface area is 138 Å². The molecular formula is C16H26N2O4S. The first-order valence-electron chi connectivity index (χ1n) is 7.61. The van der Waals surface area contributed by atoms with Gasteiger partial charge in [-0.1, -0.05) is 6.92 Å². The van der Waals surface area contributed by atoms with Gasteiger partial charge in [-0.25, -0.2) is 12.7 Å². The van der Waals surface area contributed by atoms with Crippen LogP contribution in [0.3, 0.4) is 0 Å². The summed E-state index contributed by atoms with van der Waals surface area (Å²) >= 11 is 0. The molecule has 1 rings (SSSR count). The van der Waals surface area contributed by atoms with Gasteiger partial charge in [0.2, 0.25) is 15.9 Å². The molecule has 0 spiro atoms. The Bertz CT molecular complexity index is 641. The summed E-state index contributed by atoms with van der Waals surface area (Å²) in [5.74, 6) is 0.529. The zero-order valence-electron chi connectivity index (χ0n) is 14.4. The molecule has 0 saturated heterocycles. The first kappa shape index (κ1) is 19.4. The molecule has 0 aliphatic rings. The second kappa shape index (κ2) is 8.31. The fraction of sp³-hybridized carbons (Fsp3) is 0.562. The molecule has 1 aromatic carbocycles. The van der Waals surface area contributed by atoms with E-state index in [-0.39, 0.29) is 23.3 Å². The van der Waals surface area contributed by atoms with Crippen molar-refractivity contribution in [3.63, 3.8) is 0 Å². The van der Waals surface area contributed by atoms with Crippen molar-refractivity contribution in [2.75, 3.05) is 21.2 Å². The molecule has 1 amide bonds. The van der Waals surface area contributed by atoms with Gasteiger partial charge in [0.25, 0.3) is 0 Å². The number of sulfonamides is 1. The maximum absolute atomic E-state index is 12.2. The third kappa shape index (κ3) is 5.21. The van der Waals surface area contributed by atoms with E-state index in [1.807, 2.05) is 13.8 Å². The van der Waals surface area contributed by atoms with Crippen molar-refractivity contribution >= 4 is 15.9 Å². The topological polar surface area (TPSA) is 75.7 Å². The summed E-state index contributed by atoms with van der Waals surface area (Å²) in [6, 6.07) is 4.84. The van der Waals surface area contributed by atoms with E-state index in [1.165, 1.54) is 27.3 Å². The number of carbonyl (C=O) groups excluding carboxylic acids is 1. The van der Waals surface area contributed by atoms with Crippen molar-refractivity contribution in [3.8, 4) is 5.75 Å². The lowest BCUT2D eigenvalue weighted by Crippen LogP contribution is -2.32. The number of methoxy groups -OCH3 is 1. The van der Waals surface area contributed by atoms with Crippen LogP contribution in [0.25, 0.3) is 0 Å². The second-order valence-corrected chi connectivity index (χ2v) is 7.79. The van der Waals surface area contributed by atoms with Crippen LogP contribution in [-0.2, 0) is 21.2 Å². The van der Waals surface area contributed by atoms with Gasteiger partial charge in [-0.05, 0) is 43.5 Å². The highest BCUT2D eigenvalue weighted by atomic mass is 32.2. The van der Waals surface area contributed by atoms with Crippen LogP contribution >= 0.6 is 0 Å². The summed E-state index contributed by atoms with van der Waals surface area (Å²) in [5.41, 5.74) is 0.703. The summed E-state index contributed by atoms with van der Waals surface area (Å²) in [6.07, 6.45) is 1.57. The van der Waals surface area contributed by atoms with E-state index in [0.717, 1.165) is 10.7 Å². The van der Waals surface area contributed by atoms with Crippen LogP contribution in [0.15, 0.2) is 23.1 Å². The maximum Gasteiger partial charge on any atom is 0.242 e. The highest BCUT2D eigenvalue weighted by Gasteiger charge is 2.19. The molecule has 0 saturated carbocycles. The molecule has 1 N–H and O–H groups in total. The van der Waals surface area contributed by atoms with Gasteiger partial charge in [-0.2, -0.15) is 0 Å². The number of hydrogen-bond donors (Lipinski definition) is 1. The van der Waals surface area contributed by atoms with Gasteiger partial charge in [-0.3, -0.25) is 4.79 Å². The first-order valence-corrected chi connectivity index (χ1v) is 9.05. The van der Waals surface area contributed by atoms with Crippen LogP contribution in [0.4, 0.5) is 0 Å². The number of nitrogens with zero attached hydrogens (tertiary/aromatic N) is 1. The maximum atomic E-state index is 12.2. The molecule has 0 unspecified atom stereocenters. The fourth-order valence-corrected chi connectivity index (χ4v) is 2.97. The minimum Gasteiger partial charge on any atom is -0.496 e. The van der Waals surface area contributed by atoms with Gasteiger partial charge in [0.05, 0.1) is 12.0 Å². The lowest BCUT2D eigenvalue weighted by molar-refractivity contribution is -0.121. The number of benzene rings is 1. The van der Waals surface area contributed by atoms with Crippen LogP contribution < -0.4 is 10.1 Å². The van der Waals surface area contributed by atoms with E-state index in [4.69, 9.17) is 4.74 Å². The van der Waals surface area contributed by atoms with E-state index in [9.17, 15) is 13.2 Å². The zero-order valence-corrected chi connectivity index (χ0v) is 15.2. The predicted octanol–water partition coefficient (Wildman–Crippen LogP) is 1.79. The molecule has 0 aromatic heterocycles. The van der Waals surface area contributed by atoms with Crippen LogP contribution in [0.1, 0.15) is 32.3 Å². The predicted molar refractivity (Wildman–Crippen MR) is 90.1 cm³/mol. The lowest BCUT2D eigenvalue weighted by Gasteiger charge is -2.15. The largest absolute Gasteiger partial charge is 0.496 e. The molecule has 0 aliphatic carbocycles.